The monoisotopic (exact) mass is 265 g/mol. The van der Waals surface area contributed by atoms with Gasteiger partial charge in [-0.1, -0.05) is 19.1 Å². The Kier molecular flexibility index (Phi) is 6.36. The van der Waals surface area contributed by atoms with Crippen molar-refractivity contribution in [1.29, 1.82) is 0 Å². The van der Waals surface area contributed by atoms with E-state index in [4.69, 9.17) is 9.47 Å². The van der Waals surface area contributed by atoms with E-state index >= 15 is 0 Å². The molecule has 1 unspecified atom stereocenters. The number of carbonyl (C=O) groups excluding carboxylic acids is 1. The number of hydrogen-bond acceptors (Lipinski definition) is 4. The molecule has 19 heavy (non-hydrogen) atoms. The molecule has 1 atom stereocenters. The van der Waals surface area contributed by atoms with Gasteiger partial charge < -0.3 is 14.8 Å². The summed E-state index contributed by atoms with van der Waals surface area (Å²) in [6.07, 6.45) is 0.486. The lowest BCUT2D eigenvalue weighted by Gasteiger charge is -2.18. The number of carbonyl (C=O) groups is 1. The summed E-state index contributed by atoms with van der Waals surface area (Å²) in [5, 5.41) is 3.28. The van der Waals surface area contributed by atoms with Crippen LogP contribution >= 0.6 is 0 Å². The van der Waals surface area contributed by atoms with Crippen molar-refractivity contribution < 1.29 is 14.3 Å². The lowest BCUT2D eigenvalue weighted by atomic mass is 10.0. The van der Waals surface area contributed by atoms with Crippen LogP contribution < -0.4 is 10.1 Å². The Morgan fingerprint density at radius 2 is 1.89 bits per heavy atom. The topological polar surface area (TPSA) is 47.6 Å². The van der Waals surface area contributed by atoms with E-state index in [0.29, 0.717) is 6.42 Å². The van der Waals surface area contributed by atoms with Crippen LogP contribution in [-0.2, 0) is 9.53 Å². The highest BCUT2D eigenvalue weighted by Crippen LogP contribution is 2.21. The highest BCUT2D eigenvalue weighted by Gasteiger charge is 2.15. The molecule has 1 aromatic rings. The summed E-state index contributed by atoms with van der Waals surface area (Å²) in [4.78, 5) is 11.4. The van der Waals surface area contributed by atoms with Crippen molar-refractivity contribution in [3.63, 3.8) is 0 Å². The first-order valence-electron chi connectivity index (χ1n) is 6.63. The predicted molar refractivity (Wildman–Crippen MR) is 75.3 cm³/mol. The molecular weight excluding hydrogens is 242 g/mol. The third-order valence-corrected chi connectivity index (χ3v) is 2.70. The summed E-state index contributed by atoms with van der Waals surface area (Å²) >= 11 is 0. The third kappa shape index (κ3) is 5.30. The smallest absolute Gasteiger partial charge is 0.307 e. The van der Waals surface area contributed by atoms with E-state index in [2.05, 4.69) is 5.32 Å². The zero-order valence-electron chi connectivity index (χ0n) is 12.1. The summed E-state index contributed by atoms with van der Waals surface area (Å²) in [6, 6.07) is 7.79. The minimum absolute atomic E-state index is 0.0226. The average molecular weight is 265 g/mol. The zero-order valence-corrected chi connectivity index (χ0v) is 12.1. The maximum atomic E-state index is 11.4. The minimum Gasteiger partial charge on any atom is -0.491 e. The van der Waals surface area contributed by atoms with Gasteiger partial charge in [-0.05, 0) is 38.1 Å². The van der Waals surface area contributed by atoms with Gasteiger partial charge in [0, 0.05) is 6.04 Å². The lowest BCUT2D eigenvalue weighted by molar-refractivity contribution is -0.141. The summed E-state index contributed by atoms with van der Waals surface area (Å²) in [5.41, 5.74) is 1.06. The highest BCUT2D eigenvalue weighted by molar-refractivity contribution is 5.70. The van der Waals surface area contributed by atoms with E-state index < -0.39 is 0 Å². The maximum absolute atomic E-state index is 11.4. The number of ether oxygens (including phenoxy) is 2. The third-order valence-electron chi connectivity index (χ3n) is 2.70. The van der Waals surface area contributed by atoms with Crippen LogP contribution in [0, 0.1) is 0 Å². The lowest BCUT2D eigenvalue weighted by Crippen LogP contribution is -2.24. The molecule has 0 aliphatic heterocycles. The normalized spacial score (nSPS) is 12.3. The van der Waals surface area contributed by atoms with Crippen molar-refractivity contribution in [2.24, 2.45) is 0 Å². The number of methoxy groups -OCH3 is 1. The molecular formula is C15H23NO3. The molecule has 1 rings (SSSR count). The molecule has 1 aromatic carbocycles. The number of hydrogen-bond donors (Lipinski definition) is 1. The number of esters is 1. The number of rotatable bonds is 7. The quantitative estimate of drug-likeness (QED) is 0.770. The van der Waals surface area contributed by atoms with Crippen LogP contribution in [0.25, 0.3) is 0 Å². The second-order valence-corrected chi connectivity index (χ2v) is 4.63. The van der Waals surface area contributed by atoms with Crippen molar-refractivity contribution in [3.05, 3.63) is 29.8 Å². The molecule has 0 saturated carbocycles. The van der Waals surface area contributed by atoms with Gasteiger partial charge in [-0.2, -0.15) is 0 Å². The SMILES string of the molecule is CCNC(CC(=O)OC)c1ccc(OC(C)C)cc1. The Bertz CT molecular complexity index is 387. The molecule has 0 aromatic heterocycles. The van der Waals surface area contributed by atoms with Gasteiger partial charge in [0.25, 0.3) is 0 Å². The molecule has 1 N–H and O–H groups in total. The molecule has 0 aliphatic carbocycles. The van der Waals surface area contributed by atoms with Crippen LogP contribution in [0.2, 0.25) is 0 Å². The van der Waals surface area contributed by atoms with E-state index in [0.717, 1.165) is 17.9 Å². The zero-order chi connectivity index (χ0) is 14.3. The first-order valence-corrected chi connectivity index (χ1v) is 6.63. The van der Waals surface area contributed by atoms with Crippen LogP contribution in [0.3, 0.4) is 0 Å². The van der Waals surface area contributed by atoms with Crippen LogP contribution in [0.5, 0.6) is 5.75 Å². The molecule has 0 amide bonds. The van der Waals surface area contributed by atoms with Crippen molar-refractivity contribution in [3.8, 4) is 5.75 Å². The van der Waals surface area contributed by atoms with E-state index in [1.807, 2.05) is 45.0 Å². The molecule has 0 saturated heterocycles. The highest BCUT2D eigenvalue weighted by atomic mass is 16.5. The molecule has 0 heterocycles. The van der Waals surface area contributed by atoms with Crippen molar-refractivity contribution in [2.45, 2.75) is 39.3 Å². The van der Waals surface area contributed by atoms with Gasteiger partial charge in [0.2, 0.25) is 0 Å². The van der Waals surface area contributed by atoms with Crippen LogP contribution in [0.15, 0.2) is 24.3 Å². The van der Waals surface area contributed by atoms with Gasteiger partial charge in [0.15, 0.2) is 0 Å². The van der Waals surface area contributed by atoms with E-state index in [1.165, 1.54) is 7.11 Å². The van der Waals surface area contributed by atoms with Gasteiger partial charge in [0.05, 0.1) is 19.6 Å². The molecule has 0 radical (unpaired) electrons. The van der Waals surface area contributed by atoms with Crippen LogP contribution in [-0.4, -0.2) is 25.7 Å². The van der Waals surface area contributed by atoms with Gasteiger partial charge in [-0.15, -0.1) is 0 Å². The number of benzene rings is 1. The molecule has 106 valence electrons. The molecule has 0 fully saturated rings. The van der Waals surface area contributed by atoms with E-state index in [-0.39, 0.29) is 18.1 Å². The second-order valence-electron chi connectivity index (χ2n) is 4.63. The van der Waals surface area contributed by atoms with Crippen LogP contribution in [0.1, 0.15) is 38.8 Å². The molecule has 0 spiro atoms. The van der Waals surface area contributed by atoms with Crippen LogP contribution in [0.4, 0.5) is 0 Å². The Labute approximate surface area is 115 Å². The molecule has 4 heteroatoms. The second kappa shape index (κ2) is 7.79. The van der Waals surface area contributed by atoms with Gasteiger partial charge in [-0.3, -0.25) is 4.79 Å². The van der Waals surface area contributed by atoms with E-state index in [1.54, 1.807) is 0 Å². The largest absolute Gasteiger partial charge is 0.491 e. The fourth-order valence-electron chi connectivity index (χ4n) is 1.86. The maximum Gasteiger partial charge on any atom is 0.307 e. The Hall–Kier alpha value is -1.55. The molecule has 0 bridgehead atoms. The Morgan fingerprint density at radius 3 is 2.37 bits per heavy atom. The van der Waals surface area contributed by atoms with Gasteiger partial charge in [0.1, 0.15) is 5.75 Å². The summed E-state index contributed by atoms with van der Waals surface area (Å²) in [7, 11) is 1.41. The van der Waals surface area contributed by atoms with Gasteiger partial charge in [-0.25, -0.2) is 0 Å². The first-order chi connectivity index (χ1) is 9.06. The summed E-state index contributed by atoms with van der Waals surface area (Å²) in [6.45, 7) is 6.80. The predicted octanol–water partition coefficient (Wildman–Crippen LogP) is 2.69. The van der Waals surface area contributed by atoms with Crippen molar-refractivity contribution in [2.75, 3.05) is 13.7 Å². The standard InChI is InChI=1S/C15H23NO3/c1-5-16-14(10-15(17)18-4)12-6-8-13(9-7-12)19-11(2)3/h6-9,11,14,16H,5,10H2,1-4H3. The Balaban J connectivity index is 2.76. The summed E-state index contributed by atoms with van der Waals surface area (Å²) < 4.78 is 10.3. The van der Waals surface area contributed by atoms with Crippen molar-refractivity contribution >= 4 is 5.97 Å². The van der Waals surface area contributed by atoms with Gasteiger partial charge >= 0.3 is 5.97 Å². The fraction of sp³-hybridized carbons (Fsp3) is 0.533. The molecule has 4 nitrogen and oxygen atoms in total. The molecule has 0 aliphatic rings. The Morgan fingerprint density at radius 1 is 1.26 bits per heavy atom. The van der Waals surface area contributed by atoms with Crippen molar-refractivity contribution in [1.82, 2.24) is 5.32 Å². The minimum atomic E-state index is -0.214. The first kappa shape index (κ1) is 15.5. The number of nitrogens with one attached hydrogen (secondary N) is 1. The summed E-state index contributed by atoms with van der Waals surface area (Å²) in [5.74, 6) is 0.625. The fourth-order valence-corrected chi connectivity index (χ4v) is 1.86. The van der Waals surface area contributed by atoms with E-state index in [9.17, 15) is 4.79 Å². The average Bonchev–Trinajstić information content (AvgIpc) is 2.38.